The summed E-state index contributed by atoms with van der Waals surface area (Å²) < 4.78 is 17.3. The molecule has 0 heterocycles. The van der Waals surface area contributed by atoms with Crippen molar-refractivity contribution in [2.24, 2.45) is 35.5 Å². The van der Waals surface area contributed by atoms with Gasteiger partial charge in [0.25, 0.3) is 0 Å². The van der Waals surface area contributed by atoms with Crippen molar-refractivity contribution in [1.29, 1.82) is 0 Å². The largest absolute Gasteiger partial charge is 0.385 e. The van der Waals surface area contributed by atoms with Gasteiger partial charge in [0.2, 0.25) is 0 Å². The van der Waals surface area contributed by atoms with E-state index in [0.717, 1.165) is 107 Å². The van der Waals surface area contributed by atoms with E-state index in [2.05, 4.69) is 32.6 Å². The number of hydrogen-bond acceptors (Lipinski definition) is 4. The summed E-state index contributed by atoms with van der Waals surface area (Å²) >= 11 is 0. The normalized spacial score (nSPS) is 30.2. The van der Waals surface area contributed by atoms with E-state index in [4.69, 9.17) is 14.2 Å². The van der Waals surface area contributed by atoms with Crippen molar-refractivity contribution < 1.29 is 14.2 Å². The van der Waals surface area contributed by atoms with Crippen LogP contribution in [0.2, 0.25) is 0 Å². The van der Waals surface area contributed by atoms with Crippen LogP contribution in [0.25, 0.3) is 0 Å². The highest BCUT2D eigenvalue weighted by atomic mass is 16.5. The molecular formula is C34H67NO3. The van der Waals surface area contributed by atoms with Crippen molar-refractivity contribution in [2.75, 3.05) is 59.8 Å². The van der Waals surface area contributed by atoms with E-state index >= 15 is 0 Å². The lowest BCUT2D eigenvalue weighted by molar-refractivity contribution is 0.0635. The van der Waals surface area contributed by atoms with Crippen molar-refractivity contribution in [1.82, 2.24) is 4.90 Å². The molecule has 0 unspecified atom stereocenters. The van der Waals surface area contributed by atoms with Crippen LogP contribution < -0.4 is 0 Å². The second kappa shape index (κ2) is 21.6. The second-order valence-electron chi connectivity index (χ2n) is 13.7. The van der Waals surface area contributed by atoms with Gasteiger partial charge in [-0.3, -0.25) is 0 Å². The van der Waals surface area contributed by atoms with Gasteiger partial charge < -0.3 is 19.1 Å². The highest BCUT2D eigenvalue weighted by Gasteiger charge is 2.19. The topological polar surface area (TPSA) is 30.9 Å². The van der Waals surface area contributed by atoms with Gasteiger partial charge in [-0.15, -0.1) is 0 Å². The predicted molar refractivity (Wildman–Crippen MR) is 163 cm³/mol. The number of methoxy groups -OCH3 is 1. The summed E-state index contributed by atoms with van der Waals surface area (Å²) in [4.78, 5) is 2.58. The van der Waals surface area contributed by atoms with Gasteiger partial charge in [0.1, 0.15) is 0 Å². The van der Waals surface area contributed by atoms with Crippen molar-refractivity contribution in [3.8, 4) is 0 Å². The molecule has 3 fully saturated rings. The standard InChI is InChI=1S/C26H51NO3.C8H16/c1-23-7-11-25(12-8-23)21-29-19-5-16-27(15-4-18-28-3)17-6-20-30-22-26-13-9-24(2)10-14-26;1-7-3-5-8(2)6-4-7/h23-26H,4-22H2,1-3H3;7-8H,3-6H2,1-2H3. The summed E-state index contributed by atoms with van der Waals surface area (Å²) in [5.41, 5.74) is 0. The molecule has 0 aromatic rings. The molecule has 38 heavy (non-hydrogen) atoms. The van der Waals surface area contributed by atoms with Crippen molar-refractivity contribution in [2.45, 2.75) is 124 Å². The monoisotopic (exact) mass is 538 g/mol. The molecule has 3 aliphatic rings. The molecule has 0 aromatic heterocycles. The maximum absolute atomic E-state index is 6.03. The summed E-state index contributed by atoms with van der Waals surface area (Å²) in [6.45, 7) is 17.5. The number of hydrogen-bond donors (Lipinski definition) is 0. The first kappa shape index (κ1) is 34.0. The molecule has 0 saturated heterocycles. The third kappa shape index (κ3) is 16.8. The van der Waals surface area contributed by atoms with Gasteiger partial charge in [0.05, 0.1) is 0 Å². The van der Waals surface area contributed by atoms with Crippen LogP contribution in [0, 0.1) is 35.5 Å². The average Bonchev–Trinajstić information content (AvgIpc) is 2.92. The lowest BCUT2D eigenvalue weighted by Crippen LogP contribution is -2.30. The van der Waals surface area contributed by atoms with E-state index in [1.54, 1.807) is 7.11 Å². The van der Waals surface area contributed by atoms with Gasteiger partial charge in [0, 0.05) is 59.8 Å². The fourth-order valence-electron chi connectivity index (χ4n) is 6.47. The highest BCUT2D eigenvalue weighted by Crippen LogP contribution is 2.29. The molecule has 0 amide bonds. The third-order valence-electron chi connectivity index (χ3n) is 9.63. The maximum atomic E-state index is 6.03. The van der Waals surface area contributed by atoms with Gasteiger partial charge in [-0.1, -0.05) is 79.1 Å². The summed E-state index contributed by atoms with van der Waals surface area (Å²) in [7, 11) is 1.80. The van der Waals surface area contributed by atoms with Crippen LogP contribution in [0.4, 0.5) is 0 Å². The zero-order valence-electron chi connectivity index (χ0n) is 26.4. The molecule has 0 radical (unpaired) electrons. The van der Waals surface area contributed by atoms with E-state index in [1.165, 1.54) is 77.0 Å². The first-order valence-corrected chi connectivity index (χ1v) is 16.8. The van der Waals surface area contributed by atoms with E-state index in [9.17, 15) is 0 Å². The lowest BCUT2D eigenvalue weighted by atomic mass is 9.83. The average molecular weight is 538 g/mol. The van der Waals surface area contributed by atoms with Gasteiger partial charge >= 0.3 is 0 Å². The summed E-state index contributed by atoms with van der Waals surface area (Å²) in [6.07, 6.45) is 20.3. The Balaban J connectivity index is 0.000000538. The number of rotatable bonds is 16. The Hall–Kier alpha value is -0.160. The van der Waals surface area contributed by atoms with Gasteiger partial charge in [-0.2, -0.15) is 0 Å². The van der Waals surface area contributed by atoms with Crippen LogP contribution in [0.5, 0.6) is 0 Å². The molecule has 0 bridgehead atoms. The summed E-state index contributed by atoms with van der Waals surface area (Å²) in [5.74, 6) is 5.51. The van der Waals surface area contributed by atoms with E-state index < -0.39 is 0 Å². The summed E-state index contributed by atoms with van der Waals surface area (Å²) in [6, 6.07) is 0. The number of ether oxygens (including phenoxy) is 3. The van der Waals surface area contributed by atoms with Crippen molar-refractivity contribution in [3.05, 3.63) is 0 Å². The zero-order chi connectivity index (χ0) is 27.4. The first-order valence-electron chi connectivity index (χ1n) is 16.8. The molecule has 226 valence electrons. The van der Waals surface area contributed by atoms with Crippen LogP contribution >= 0.6 is 0 Å². The van der Waals surface area contributed by atoms with Crippen LogP contribution in [0.15, 0.2) is 0 Å². The quantitative estimate of drug-likeness (QED) is 0.184. The molecule has 3 aliphatic carbocycles. The zero-order valence-corrected chi connectivity index (χ0v) is 26.4. The van der Waals surface area contributed by atoms with Gasteiger partial charge in [-0.05, 0) is 80.5 Å². The lowest BCUT2D eigenvalue weighted by Gasteiger charge is -2.26. The Morgan fingerprint density at radius 3 is 1.13 bits per heavy atom. The smallest absolute Gasteiger partial charge is 0.0494 e. The molecule has 0 aliphatic heterocycles. The minimum absolute atomic E-state index is 0.809. The van der Waals surface area contributed by atoms with Crippen LogP contribution in [0.3, 0.4) is 0 Å². The Morgan fingerprint density at radius 1 is 0.474 bits per heavy atom. The third-order valence-corrected chi connectivity index (χ3v) is 9.63. The Kier molecular flexibility index (Phi) is 19.3. The molecule has 0 spiro atoms. The summed E-state index contributed by atoms with van der Waals surface area (Å²) in [5, 5.41) is 0. The molecule has 0 aromatic carbocycles. The SMILES string of the molecule is CC1CCC(C)CC1.COCCCN(CCCOCC1CCC(C)CC1)CCCOCC1CCC(C)CC1. The molecule has 0 atom stereocenters. The van der Waals surface area contributed by atoms with E-state index in [-0.39, 0.29) is 0 Å². The van der Waals surface area contributed by atoms with Crippen LogP contribution in [-0.4, -0.2) is 64.7 Å². The minimum atomic E-state index is 0.809. The molecule has 0 N–H and O–H groups in total. The van der Waals surface area contributed by atoms with Gasteiger partial charge in [0.15, 0.2) is 0 Å². The second-order valence-corrected chi connectivity index (χ2v) is 13.7. The number of nitrogens with zero attached hydrogens (tertiary/aromatic N) is 1. The molecule has 3 rings (SSSR count). The van der Waals surface area contributed by atoms with Crippen molar-refractivity contribution >= 4 is 0 Å². The Bertz CT molecular complexity index is 478. The molecule has 4 nitrogen and oxygen atoms in total. The van der Waals surface area contributed by atoms with E-state index in [1.807, 2.05) is 0 Å². The molecule has 3 saturated carbocycles. The van der Waals surface area contributed by atoms with Crippen LogP contribution in [-0.2, 0) is 14.2 Å². The predicted octanol–water partition coefficient (Wildman–Crippen LogP) is 8.62. The fourth-order valence-corrected chi connectivity index (χ4v) is 6.47. The highest BCUT2D eigenvalue weighted by molar-refractivity contribution is 4.71. The van der Waals surface area contributed by atoms with Gasteiger partial charge in [-0.25, -0.2) is 0 Å². The molecule has 4 heteroatoms. The minimum Gasteiger partial charge on any atom is -0.385 e. The van der Waals surface area contributed by atoms with E-state index in [0.29, 0.717) is 0 Å². The molecular weight excluding hydrogens is 470 g/mol. The fraction of sp³-hybridized carbons (Fsp3) is 1.00. The first-order chi connectivity index (χ1) is 18.5. The Morgan fingerprint density at radius 2 is 0.789 bits per heavy atom. The Labute approximate surface area is 238 Å². The van der Waals surface area contributed by atoms with Crippen LogP contribution in [0.1, 0.15) is 124 Å². The van der Waals surface area contributed by atoms with Crippen molar-refractivity contribution in [3.63, 3.8) is 0 Å². The maximum Gasteiger partial charge on any atom is 0.0494 e.